The summed E-state index contributed by atoms with van der Waals surface area (Å²) in [6.07, 6.45) is -2.30. The summed E-state index contributed by atoms with van der Waals surface area (Å²) in [6.45, 7) is 3.57. The van der Waals surface area contributed by atoms with Gasteiger partial charge in [0, 0.05) is 19.5 Å². The molecule has 21 heteroatoms. The molecule has 4 aromatic carbocycles. The fourth-order valence-electron chi connectivity index (χ4n) is 7.66. The van der Waals surface area contributed by atoms with Gasteiger partial charge in [0.25, 0.3) is 11.8 Å². The summed E-state index contributed by atoms with van der Waals surface area (Å²) in [7, 11) is 2.30. The van der Waals surface area contributed by atoms with Crippen molar-refractivity contribution in [1.29, 1.82) is 0 Å². The van der Waals surface area contributed by atoms with E-state index in [0.717, 1.165) is 42.5 Å². The van der Waals surface area contributed by atoms with Gasteiger partial charge in [-0.25, -0.2) is 18.6 Å². The summed E-state index contributed by atoms with van der Waals surface area (Å²) in [5.41, 5.74) is 4.48. The number of hydrogen-bond acceptors (Lipinski definition) is 9. The number of fused-ring (bicyclic) bond motifs is 2. The fourth-order valence-corrected chi connectivity index (χ4v) is 7.66. The average Bonchev–Trinajstić information content (AvgIpc) is 4.01. The molecule has 4 heterocycles. The van der Waals surface area contributed by atoms with Gasteiger partial charge >= 0.3 is 53.8 Å². The van der Waals surface area contributed by atoms with Gasteiger partial charge in [-0.3, -0.25) is 9.59 Å². The van der Waals surface area contributed by atoms with Crippen molar-refractivity contribution < 1.29 is 95.5 Å². The molecule has 376 valence electrons. The minimum atomic E-state index is -4.44. The zero-order chi connectivity index (χ0) is 51.6. The summed E-state index contributed by atoms with van der Waals surface area (Å²) in [5.74, 6) is -2.27. The predicted octanol–water partition coefficient (Wildman–Crippen LogP) is 6.79. The van der Waals surface area contributed by atoms with Crippen molar-refractivity contribution >= 4 is 34.8 Å². The first-order chi connectivity index (χ1) is 33.8. The number of carboxylic acid groups (broad SMARTS) is 1. The number of nitrogens with zero attached hydrogens (tertiary/aromatic N) is 4. The van der Waals surface area contributed by atoms with Crippen LogP contribution >= 0.6 is 0 Å². The molecule has 0 unspecified atom stereocenters. The topological polar surface area (TPSA) is 207 Å². The van der Waals surface area contributed by atoms with Crippen molar-refractivity contribution in [3.05, 3.63) is 213 Å². The number of benzene rings is 4. The van der Waals surface area contributed by atoms with Crippen LogP contribution in [0.2, 0.25) is 0 Å². The van der Waals surface area contributed by atoms with Crippen molar-refractivity contribution in [2.24, 2.45) is 0 Å². The quantitative estimate of drug-likeness (QED) is 0.0573. The molecule has 2 amide bonds. The van der Waals surface area contributed by atoms with E-state index in [1.54, 1.807) is 99.0 Å². The minimum Gasteiger partial charge on any atom is -0.870 e. The van der Waals surface area contributed by atoms with Crippen molar-refractivity contribution in [2.45, 2.75) is 51.1 Å². The Morgan fingerprint density at radius 2 is 0.986 bits per heavy atom. The van der Waals surface area contributed by atoms with Crippen LogP contribution in [0.15, 0.2) is 146 Å². The first kappa shape index (κ1) is 58.2. The van der Waals surface area contributed by atoms with Gasteiger partial charge in [0.05, 0.1) is 76.0 Å². The van der Waals surface area contributed by atoms with E-state index in [0.29, 0.717) is 44.4 Å². The molecule has 0 radical (unpaired) electrons. The third-order valence-corrected chi connectivity index (χ3v) is 11.2. The van der Waals surface area contributed by atoms with Gasteiger partial charge in [0.2, 0.25) is 0 Å². The fraction of sp³-hybridized carbons (Fsp3) is 0.192. The number of aromatic nitrogens is 4. The summed E-state index contributed by atoms with van der Waals surface area (Å²) in [4.78, 5) is 48.9. The second kappa shape index (κ2) is 25.3. The van der Waals surface area contributed by atoms with Crippen molar-refractivity contribution in [3.63, 3.8) is 0 Å². The summed E-state index contributed by atoms with van der Waals surface area (Å²) < 4.78 is 86.5. The standard InChI is InChI=1S/C26H22F3N3O3.C25H20F3N3O3.CH4O.Na.H2O/c1-16(18-8-10-19(11-9-18)25(34)35-2)31-24(33)22-15-30-32-12-4-6-20(23(22)32)13-17-5-3-7-21(14-17)26(27,28)29;1-15(17-7-9-18(10-8-17)24(33)34)30-23(32)21-14-29-31-11-3-5-19(22(21)31)12-16-4-2-6-20(13-16)25(26,27)28;1-2;;/h3-12,14-16H,13H2,1-2H3,(H,31,33);2-11,13-15H,12H2,1H3,(H,30,32)(H,33,34);2H,1H3;;1H2/q;;;+1;/p-1/t16-;15-;;;/m00.../s1. The van der Waals surface area contributed by atoms with Crippen LogP contribution < -0.4 is 40.2 Å². The van der Waals surface area contributed by atoms with Crippen LogP contribution in [0.3, 0.4) is 0 Å². The van der Waals surface area contributed by atoms with Gasteiger partial charge in [-0.2, -0.15) is 36.5 Å². The number of nitrogens with one attached hydrogen (secondary N) is 2. The van der Waals surface area contributed by atoms with Gasteiger partial charge in [-0.15, -0.1) is 0 Å². The molecule has 2 atom stereocenters. The molecule has 0 saturated carbocycles. The van der Waals surface area contributed by atoms with E-state index in [2.05, 4.69) is 20.8 Å². The first-order valence-electron chi connectivity index (χ1n) is 21.6. The molecule has 5 N–H and O–H groups in total. The van der Waals surface area contributed by atoms with Crippen LogP contribution in [-0.2, 0) is 29.9 Å². The third-order valence-electron chi connectivity index (χ3n) is 11.2. The number of amides is 2. The Balaban J connectivity index is 0.000000298. The summed E-state index contributed by atoms with van der Waals surface area (Å²) >= 11 is 0. The van der Waals surface area contributed by atoms with Crippen LogP contribution in [-0.4, -0.2) is 72.9 Å². The number of halogens is 6. The number of pyridine rings is 2. The molecule has 0 spiro atoms. The van der Waals surface area contributed by atoms with Gasteiger partial charge in [0.15, 0.2) is 0 Å². The van der Waals surface area contributed by atoms with Crippen LogP contribution in [0.4, 0.5) is 26.3 Å². The van der Waals surface area contributed by atoms with Gasteiger partial charge in [0.1, 0.15) is 0 Å². The number of esters is 1. The number of alkyl halides is 6. The van der Waals surface area contributed by atoms with Crippen LogP contribution in [0.1, 0.15) is 112 Å². The predicted molar refractivity (Wildman–Crippen MR) is 252 cm³/mol. The zero-order valence-corrected chi connectivity index (χ0v) is 41.9. The van der Waals surface area contributed by atoms with Crippen LogP contribution in [0.25, 0.3) is 11.0 Å². The van der Waals surface area contributed by atoms with Gasteiger partial charge in [-0.1, -0.05) is 72.8 Å². The SMILES string of the molecule is CO.COC(=O)c1ccc([C@H](C)NC(=O)c2cnn3cccc(Cc4cccc(C(F)(F)F)c4)c23)cc1.C[C@H](NC(=O)c1cnn2cccc(Cc3cccc(C(F)(F)F)c3)c12)c1ccc(C(=O)O)cc1.[Na+].[OH-]. The third kappa shape index (κ3) is 14.4. The number of aliphatic hydroxyl groups is 1. The second-order valence-electron chi connectivity index (χ2n) is 16.0. The monoisotopic (exact) mass is 1020 g/mol. The van der Waals surface area contributed by atoms with Crippen LogP contribution in [0, 0.1) is 0 Å². The molecule has 0 saturated heterocycles. The number of ether oxygens (including phenoxy) is 1. The maximum atomic E-state index is 13.1. The molecule has 14 nitrogen and oxygen atoms in total. The van der Waals surface area contributed by atoms with E-state index in [-0.39, 0.29) is 71.0 Å². The minimum absolute atomic E-state index is 0. The van der Waals surface area contributed by atoms with Crippen molar-refractivity contribution in [1.82, 2.24) is 29.9 Å². The van der Waals surface area contributed by atoms with Gasteiger partial charge < -0.3 is 31.1 Å². The average molecular weight is 1020 g/mol. The number of aromatic carboxylic acids is 1. The van der Waals surface area contributed by atoms with Gasteiger partial charge in [-0.05, 0) is 109 Å². The van der Waals surface area contributed by atoms with Crippen molar-refractivity contribution in [3.8, 4) is 0 Å². The number of rotatable bonds is 12. The van der Waals surface area contributed by atoms with E-state index >= 15 is 0 Å². The number of carbonyl (C=O) groups excluding carboxylic acids is 3. The Morgan fingerprint density at radius 3 is 1.34 bits per heavy atom. The van der Waals surface area contributed by atoms with E-state index in [1.807, 2.05) is 0 Å². The normalized spacial score (nSPS) is 11.8. The van der Waals surface area contributed by atoms with E-state index in [4.69, 9.17) is 14.9 Å². The number of carboxylic acids is 1. The Morgan fingerprint density at radius 1 is 0.603 bits per heavy atom. The van der Waals surface area contributed by atoms with Crippen molar-refractivity contribution in [2.75, 3.05) is 14.2 Å². The maximum Gasteiger partial charge on any atom is 1.00 e. The number of hydrogen-bond donors (Lipinski definition) is 4. The second-order valence-corrected chi connectivity index (χ2v) is 16.0. The number of carbonyl (C=O) groups is 4. The maximum absolute atomic E-state index is 13.1. The Bertz CT molecular complexity index is 3180. The molecule has 8 rings (SSSR count). The Kier molecular flexibility index (Phi) is 20.2. The Hall–Kier alpha value is -7.36. The molecule has 8 aromatic rings. The molecule has 0 aliphatic rings. The van der Waals surface area contributed by atoms with E-state index < -0.39 is 47.4 Å². The van der Waals surface area contributed by atoms with E-state index in [9.17, 15) is 45.5 Å². The number of aliphatic hydroxyl groups excluding tert-OH is 1. The molecular weight excluding hydrogens is 974 g/mol. The molecule has 0 fully saturated rings. The smallest absolute Gasteiger partial charge is 0.870 e. The molecule has 0 aliphatic carbocycles. The summed E-state index contributed by atoms with van der Waals surface area (Å²) in [5, 5.41) is 30.3. The first-order valence-corrected chi connectivity index (χ1v) is 21.6. The molecule has 0 aliphatic heterocycles. The molecule has 73 heavy (non-hydrogen) atoms. The largest absolute Gasteiger partial charge is 1.00 e. The molecule has 0 bridgehead atoms. The van der Waals surface area contributed by atoms with Crippen LogP contribution in [0.5, 0.6) is 0 Å². The Labute approximate surface area is 436 Å². The molecule has 4 aromatic heterocycles. The molecular formula is C52H47F6N6NaO8. The number of methoxy groups -OCH3 is 1. The van der Waals surface area contributed by atoms with E-state index in [1.165, 1.54) is 52.8 Å². The zero-order valence-electron chi connectivity index (χ0n) is 39.9. The summed E-state index contributed by atoms with van der Waals surface area (Å²) in [6, 6.07) is 29.3.